The van der Waals surface area contributed by atoms with Crippen molar-refractivity contribution >= 4 is 17.0 Å². The number of carboxylic acid groups (broad SMARTS) is 1. The summed E-state index contributed by atoms with van der Waals surface area (Å²) >= 11 is 0. The third-order valence-corrected chi connectivity index (χ3v) is 2.79. The number of para-hydroxylation sites is 2. The molecule has 1 N–H and O–H groups in total. The number of hydrogen-bond donors (Lipinski definition) is 1. The maximum absolute atomic E-state index is 12.1. The van der Waals surface area contributed by atoms with Crippen molar-refractivity contribution in [1.82, 2.24) is 9.13 Å². The average molecular weight is 234 g/mol. The normalized spacial score (nSPS) is 10.9. The molecule has 0 amide bonds. The van der Waals surface area contributed by atoms with Gasteiger partial charge in [-0.25, -0.2) is 4.79 Å². The lowest BCUT2D eigenvalue weighted by Gasteiger charge is -1.99. The van der Waals surface area contributed by atoms with Crippen LogP contribution in [0.3, 0.4) is 0 Å². The Morgan fingerprint density at radius 2 is 1.82 bits per heavy atom. The Morgan fingerprint density at radius 3 is 2.35 bits per heavy atom. The number of benzene rings is 1. The van der Waals surface area contributed by atoms with Gasteiger partial charge in [-0.1, -0.05) is 12.1 Å². The largest absolute Gasteiger partial charge is 0.481 e. The van der Waals surface area contributed by atoms with Crippen LogP contribution in [0.4, 0.5) is 0 Å². The first-order chi connectivity index (χ1) is 8.15. The molecule has 0 aliphatic heterocycles. The zero-order valence-corrected chi connectivity index (χ0v) is 9.59. The van der Waals surface area contributed by atoms with Crippen molar-refractivity contribution in [1.29, 1.82) is 0 Å². The maximum Gasteiger partial charge on any atom is 0.329 e. The Hall–Kier alpha value is -2.04. The molecule has 90 valence electrons. The smallest absolute Gasteiger partial charge is 0.329 e. The number of aryl methyl sites for hydroxylation is 2. The van der Waals surface area contributed by atoms with Gasteiger partial charge in [0.05, 0.1) is 17.5 Å². The molecule has 2 aromatic rings. The molecule has 1 heterocycles. The Balaban J connectivity index is 2.58. The van der Waals surface area contributed by atoms with Gasteiger partial charge in [-0.2, -0.15) is 0 Å². The van der Waals surface area contributed by atoms with E-state index in [0.717, 1.165) is 11.0 Å². The second-order valence-electron chi connectivity index (χ2n) is 3.81. The van der Waals surface area contributed by atoms with Crippen molar-refractivity contribution in [2.24, 2.45) is 0 Å². The predicted octanol–water partition coefficient (Wildman–Crippen LogP) is 1.30. The zero-order chi connectivity index (χ0) is 12.4. The third kappa shape index (κ3) is 1.95. The monoisotopic (exact) mass is 234 g/mol. The van der Waals surface area contributed by atoms with E-state index in [-0.39, 0.29) is 18.7 Å². The van der Waals surface area contributed by atoms with E-state index in [9.17, 15) is 9.59 Å². The van der Waals surface area contributed by atoms with E-state index >= 15 is 0 Å². The summed E-state index contributed by atoms with van der Waals surface area (Å²) < 4.78 is 3.17. The minimum Gasteiger partial charge on any atom is -0.481 e. The van der Waals surface area contributed by atoms with E-state index in [4.69, 9.17) is 5.11 Å². The van der Waals surface area contributed by atoms with Crippen LogP contribution in [0.15, 0.2) is 29.1 Å². The minimum absolute atomic E-state index is 0.0440. The van der Waals surface area contributed by atoms with Crippen molar-refractivity contribution < 1.29 is 9.90 Å². The number of imidazole rings is 1. The molecule has 5 heteroatoms. The highest BCUT2D eigenvalue weighted by atomic mass is 16.4. The van der Waals surface area contributed by atoms with Gasteiger partial charge in [0.25, 0.3) is 0 Å². The first kappa shape index (κ1) is 11.4. The number of carboxylic acids is 1. The van der Waals surface area contributed by atoms with Gasteiger partial charge in [0, 0.05) is 13.1 Å². The first-order valence-corrected chi connectivity index (χ1v) is 5.55. The summed E-state index contributed by atoms with van der Waals surface area (Å²) in [4.78, 5) is 22.6. The topological polar surface area (TPSA) is 64.2 Å². The fraction of sp³-hybridized carbons (Fsp3) is 0.333. The number of rotatable bonds is 4. The summed E-state index contributed by atoms with van der Waals surface area (Å²) in [6, 6.07) is 7.43. The molecule has 5 nitrogen and oxygen atoms in total. The van der Waals surface area contributed by atoms with Gasteiger partial charge in [-0.3, -0.25) is 13.9 Å². The van der Waals surface area contributed by atoms with Gasteiger partial charge in [-0.05, 0) is 19.1 Å². The van der Waals surface area contributed by atoms with Crippen molar-refractivity contribution in [3.8, 4) is 0 Å². The Bertz CT molecular complexity index is 610. The molecule has 0 unspecified atom stereocenters. The Morgan fingerprint density at radius 1 is 1.24 bits per heavy atom. The number of aliphatic carboxylic acids is 1. The summed E-state index contributed by atoms with van der Waals surface area (Å²) in [6.45, 7) is 2.69. The minimum atomic E-state index is -0.898. The van der Waals surface area contributed by atoms with Crippen LogP contribution < -0.4 is 5.69 Å². The molecular weight excluding hydrogens is 220 g/mol. The van der Waals surface area contributed by atoms with Crippen LogP contribution in [0.2, 0.25) is 0 Å². The van der Waals surface area contributed by atoms with Crippen molar-refractivity contribution in [3.05, 3.63) is 34.7 Å². The zero-order valence-electron chi connectivity index (χ0n) is 9.59. The lowest BCUT2D eigenvalue weighted by Crippen LogP contribution is -2.24. The van der Waals surface area contributed by atoms with Crippen LogP contribution in [0.1, 0.15) is 13.3 Å². The van der Waals surface area contributed by atoms with Crippen LogP contribution in [0.5, 0.6) is 0 Å². The summed E-state index contributed by atoms with van der Waals surface area (Å²) in [7, 11) is 0. The standard InChI is InChI=1S/C12H14N2O3/c1-2-13-9-5-3-4-6-10(9)14(12(13)17)8-7-11(15)16/h3-6H,2,7-8H2,1H3,(H,15,16). The van der Waals surface area contributed by atoms with E-state index < -0.39 is 5.97 Å². The third-order valence-electron chi connectivity index (χ3n) is 2.79. The fourth-order valence-electron chi connectivity index (χ4n) is 2.00. The molecule has 17 heavy (non-hydrogen) atoms. The number of nitrogens with zero attached hydrogens (tertiary/aromatic N) is 2. The number of fused-ring (bicyclic) bond motifs is 1. The molecule has 0 spiro atoms. The number of aromatic nitrogens is 2. The molecule has 0 aliphatic carbocycles. The Labute approximate surface area is 97.9 Å². The van der Waals surface area contributed by atoms with E-state index in [2.05, 4.69) is 0 Å². The molecule has 1 aromatic carbocycles. The maximum atomic E-state index is 12.1. The molecule has 0 saturated carbocycles. The fourth-order valence-corrected chi connectivity index (χ4v) is 2.00. The van der Waals surface area contributed by atoms with Crippen LogP contribution in [-0.2, 0) is 17.9 Å². The van der Waals surface area contributed by atoms with E-state index in [1.165, 1.54) is 4.57 Å². The predicted molar refractivity (Wildman–Crippen MR) is 64.1 cm³/mol. The molecule has 0 aliphatic rings. The second kappa shape index (κ2) is 4.45. The summed E-state index contributed by atoms with van der Waals surface area (Å²) in [6.07, 6.45) is -0.0440. The van der Waals surface area contributed by atoms with Gasteiger partial charge < -0.3 is 5.11 Å². The van der Waals surface area contributed by atoms with E-state index in [1.54, 1.807) is 4.57 Å². The summed E-state index contributed by atoms with van der Waals surface area (Å²) in [5.74, 6) is -0.898. The van der Waals surface area contributed by atoms with E-state index in [0.29, 0.717) is 6.54 Å². The Kier molecular flexibility index (Phi) is 2.99. The summed E-state index contributed by atoms with van der Waals surface area (Å²) in [5, 5.41) is 8.68. The lowest BCUT2D eigenvalue weighted by molar-refractivity contribution is -0.137. The highest BCUT2D eigenvalue weighted by molar-refractivity contribution is 5.76. The molecule has 0 bridgehead atoms. The van der Waals surface area contributed by atoms with Crippen LogP contribution in [0.25, 0.3) is 11.0 Å². The molecule has 2 rings (SSSR count). The SMILES string of the molecule is CCn1c(=O)n(CCC(=O)O)c2ccccc21. The second-order valence-corrected chi connectivity index (χ2v) is 3.81. The molecule has 0 fully saturated rings. The molecule has 0 radical (unpaired) electrons. The highest BCUT2D eigenvalue weighted by Crippen LogP contribution is 2.12. The average Bonchev–Trinajstić information content (AvgIpc) is 2.58. The van der Waals surface area contributed by atoms with Crippen LogP contribution in [-0.4, -0.2) is 20.2 Å². The van der Waals surface area contributed by atoms with Crippen LogP contribution >= 0.6 is 0 Å². The summed E-state index contributed by atoms with van der Waals surface area (Å²) in [5.41, 5.74) is 1.50. The van der Waals surface area contributed by atoms with Gasteiger partial charge in [0.15, 0.2) is 0 Å². The van der Waals surface area contributed by atoms with Gasteiger partial charge in [-0.15, -0.1) is 0 Å². The van der Waals surface area contributed by atoms with Crippen molar-refractivity contribution in [2.45, 2.75) is 26.4 Å². The highest BCUT2D eigenvalue weighted by Gasteiger charge is 2.11. The van der Waals surface area contributed by atoms with Gasteiger partial charge in [0.2, 0.25) is 0 Å². The van der Waals surface area contributed by atoms with Crippen LogP contribution in [0, 0.1) is 0 Å². The molecule has 0 atom stereocenters. The quantitative estimate of drug-likeness (QED) is 0.867. The van der Waals surface area contributed by atoms with E-state index in [1.807, 2.05) is 31.2 Å². The molecule has 0 saturated heterocycles. The van der Waals surface area contributed by atoms with Crippen molar-refractivity contribution in [3.63, 3.8) is 0 Å². The molecular formula is C12H14N2O3. The van der Waals surface area contributed by atoms with Gasteiger partial charge in [0.1, 0.15) is 0 Å². The number of hydrogen-bond acceptors (Lipinski definition) is 2. The molecule has 1 aromatic heterocycles. The number of carbonyl (C=O) groups is 1. The first-order valence-electron chi connectivity index (χ1n) is 5.55. The lowest BCUT2D eigenvalue weighted by atomic mass is 10.3. The van der Waals surface area contributed by atoms with Crippen molar-refractivity contribution in [2.75, 3.05) is 0 Å². The van der Waals surface area contributed by atoms with Gasteiger partial charge >= 0.3 is 11.7 Å².